The first kappa shape index (κ1) is 48.7. The molecule has 0 aliphatic heterocycles. The van der Waals surface area contributed by atoms with Crippen LogP contribution >= 0.6 is 7.82 Å². The number of anilines is 1. The van der Waals surface area contributed by atoms with Gasteiger partial charge in [-0.25, -0.2) is 18.5 Å². The minimum Gasteiger partial charge on any atom is -0.419 e. The van der Waals surface area contributed by atoms with E-state index < -0.39 is 44.6 Å². The number of benzene rings is 1. The molecule has 1 aromatic carbocycles. The number of halogens is 1. The van der Waals surface area contributed by atoms with Crippen molar-refractivity contribution in [2.24, 2.45) is 0 Å². The van der Waals surface area contributed by atoms with Gasteiger partial charge in [-0.1, -0.05) is 103 Å². The highest BCUT2D eigenvalue weighted by molar-refractivity contribution is 7.47. The number of phosphoric acid groups is 1. The van der Waals surface area contributed by atoms with Crippen molar-refractivity contribution in [1.29, 1.82) is 10.5 Å². The Morgan fingerprint density at radius 3 is 2.10 bits per heavy atom. The molecule has 0 amide bonds. The molecule has 2 aromatic heterocycles. The summed E-state index contributed by atoms with van der Waals surface area (Å²) in [4.78, 5) is 16.2. The van der Waals surface area contributed by atoms with Gasteiger partial charge in [-0.15, -0.1) is 0 Å². The fourth-order valence-electron chi connectivity index (χ4n) is 6.73. The number of aliphatic hydroxyl groups excluding tert-OH is 2. The third-order valence-electron chi connectivity index (χ3n) is 10.1. The molecular weight excluding hydrogens is 768 g/mol. The van der Waals surface area contributed by atoms with Crippen LogP contribution in [0.3, 0.4) is 0 Å². The molecule has 5 atom stereocenters. The summed E-state index contributed by atoms with van der Waals surface area (Å²) in [7, 11) is -3.12. The Morgan fingerprint density at radius 1 is 0.897 bits per heavy atom. The third kappa shape index (κ3) is 17.7. The number of aromatic nitrogens is 3. The first-order valence-electron chi connectivity index (χ1n) is 20.6. The number of hydrogen-bond acceptors (Lipinski definition) is 13. The van der Waals surface area contributed by atoms with Crippen molar-refractivity contribution in [3.63, 3.8) is 0 Å². The Morgan fingerprint density at radius 2 is 1.50 bits per heavy atom. The van der Waals surface area contributed by atoms with E-state index in [1.165, 1.54) is 112 Å². The molecule has 0 bridgehead atoms. The monoisotopic (exact) mass is 831 g/mol. The molecule has 17 heteroatoms. The van der Waals surface area contributed by atoms with E-state index in [-0.39, 0.29) is 36.8 Å². The van der Waals surface area contributed by atoms with Crippen molar-refractivity contribution >= 4 is 19.2 Å². The van der Waals surface area contributed by atoms with Gasteiger partial charge in [-0.3, -0.25) is 13.9 Å². The SMILES string of the molecule is CCCCCCCCCCCCCCCCCCOC[C@H](COP(=O)(O)OC[C@@H](OC#N)[C@@H](O)[C@@H](O)c1ccc2c(N)ncnn12)N(C)Cc1cc(F)cc(C#N)c1. The quantitative estimate of drug-likeness (QED) is 0.0272. The van der Waals surface area contributed by atoms with Crippen LogP contribution in [0, 0.1) is 28.7 Å². The zero-order chi connectivity index (χ0) is 42.2. The van der Waals surface area contributed by atoms with Crippen molar-refractivity contribution in [3.05, 3.63) is 59.3 Å². The van der Waals surface area contributed by atoms with Crippen LogP contribution in [-0.2, 0) is 29.6 Å². The largest absolute Gasteiger partial charge is 0.472 e. The predicted molar refractivity (Wildman–Crippen MR) is 217 cm³/mol. The smallest absolute Gasteiger partial charge is 0.419 e. The summed E-state index contributed by atoms with van der Waals surface area (Å²) in [5, 5.41) is 44.3. The molecule has 0 aliphatic rings. The van der Waals surface area contributed by atoms with Gasteiger partial charge < -0.3 is 30.3 Å². The van der Waals surface area contributed by atoms with E-state index in [0.717, 1.165) is 31.7 Å². The first-order chi connectivity index (χ1) is 28.0. The third-order valence-corrected chi connectivity index (χ3v) is 11.1. The molecule has 0 aliphatic carbocycles. The number of fused-ring (bicyclic) bond motifs is 1. The van der Waals surface area contributed by atoms with Crippen LogP contribution in [0.2, 0.25) is 0 Å². The second kappa shape index (κ2) is 27.1. The van der Waals surface area contributed by atoms with E-state index in [1.807, 2.05) is 6.07 Å². The van der Waals surface area contributed by atoms with Crippen molar-refractivity contribution < 1.29 is 42.6 Å². The number of aliphatic hydroxyl groups is 2. The topological polar surface area (TPSA) is 222 Å². The maximum Gasteiger partial charge on any atom is 0.472 e. The Hall–Kier alpha value is -3.70. The predicted octanol–water partition coefficient (Wildman–Crippen LogP) is 7.50. The molecule has 0 spiro atoms. The summed E-state index contributed by atoms with van der Waals surface area (Å²) in [6.07, 6.45) is 17.6. The number of nitrogens with zero attached hydrogens (tertiary/aromatic N) is 6. The molecule has 0 fully saturated rings. The highest BCUT2D eigenvalue weighted by Crippen LogP contribution is 2.44. The lowest BCUT2D eigenvalue weighted by molar-refractivity contribution is -0.0800. The minimum atomic E-state index is -4.83. The van der Waals surface area contributed by atoms with Gasteiger partial charge in [0.2, 0.25) is 0 Å². The van der Waals surface area contributed by atoms with Crippen molar-refractivity contribution in [1.82, 2.24) is 19.5 Å². The molecule has 0 radical (unpaired) electrons. The minimum absolute atomic E-state index is 0.0947. The number of likely N-dealkylation sites (N-methyl/N-ethyl adjacent to an activating group) is 1. The molecule has 5 N–H and O–H groups in total. The van der Waals surface area contributed by atoms with Crippen molar-refractivity contribution in [3.8, 4) is 12.3 Å². The summed E-state index contributed by atoms with van der Waals surface area (Å²) in [6.45, 7) is 1.84. The molecule has 3 rings (SSSR count). The summed E-state index contributed by atoms with van der Waals surface area (Å²) in [5.41, 5.74) is 6.98. The van der Waals surface area contributed by atoms with Gasteiger partial charge in [-0.2, -0.15) is 15.6 Å². The highest BCUT2D eigenvalue weighted by atomic mass is 31.2. The molecule has 322 valence electrons. The van der Waals surface area contributed by atoms with Crippen LogP contribution < -0.4 is 5.73 Å². The van der Waals surface area contributed by atoms with Crippen molar-refractivity contribution in [2.45, 2.75) is 141 Å². The van der Waals surface area contributed by atoms with Gasteiger partial charge in [-0.05, 0) is 49.4 Å². The number of rotatable bonds is 32. The van der Waals surface area contributed by atoms with E-state index in [1.54, 1.807) is 18.0 Å². The molecule has 1 unspecified atom stereocenters. The second-order valence-corrected chi connectivity index (χ2v) is 16.3. The molecule has 3 aromatic rings. The number of nitrogen functional groups attached to an aromatic ring is 1. The van der Waals surface area contributed by atoms with E-state index >= 15 is 0 Å². The summed E-state index contributed by atoms with van der Waals surface area (Å²) >= 11 is 0. The lowest BCUT2D eigenvalue weighted by Crippen LogP contribution is -2.39. The number of ether oxygens (including phenoxy) is 2. The van der Waals surface area contributed by atoms with Gasteiger partial charge in [0.1, 0.15) is 29.9 Å². The van der Waals surface area contributed by atoms with E-state index in [9.17, 15) is 34.6 Å². The molecule has 58 heavy (non-hydrogen) atoms. The lowest BCUT2D eigenvalue weighted by atomic mass is 10.0. The van der Waals surface area contributed by atoms with Gasteiger partial charge in [0.25, 0.3) is 6.26 Å². The fraction of sp³-hybridized carbons (Fsp3) is 0.659. The number of nitriles is 2. The standard InChI is InChI=1S/C41H63FN7O8P/c1-3-4-5-6-7-8-9-10-11-12-13-14-15-16-17-18-21-54-27-35(48(2)26-33-22-32(25-43)23-34(42)24-33)28-56-58(52,53)57-29-38(55-30-44)40(51)39(50)36-19-20-37-41(45)46-31-47-49(36)37/h19-20,22-24,31,35,38-40,50-51H,3-18,21,26-29H2,1-2H3,(H,52,53)(H2,45,46,47)/t35-,38-,39+,40-/m1/s1. The Labute approximate surface area is 342 Å². The maximum atomic E-state index is 14.2. The number of unbranched alkanes of at least 4 members (excludes halogenated alkanes) is 15. The Bertz CT molecular complexity index is 1760. The number of hydrogen-bond donors (Lipinski definition) is 4. The van der Waals surface area contributed by atoms with E-state index in [2.05, 4.69) is 17.0 Å². The van der Waals surface area contributed by atoms with Gasteiger partial charge in [0.15, 0.2) is 11.9 Å². The van der Waals surface area contributed by atoms with Gasteiger partial charge >= 0.3 is 7.82 Å². The fourth-order valence-corrected chi connectivity index (χ4v) is 7.50. The van der Waals surface area contributed by atoms with Gasteiger partial charge in [0, 0.05) is 13.2 Å². The van der Waals surface area contributed by atoms with Crippen LogP contribution in [0.4, 0.5) is 10.2 Å². The summed E-state index contributed by atoms with van der Waals surface area (Å²) in [5.74, 6) is -0.431. The van der Waals surface area contributed by atoms with Crippen LogP contribution in [0.1, 0.15) is 133 Å². The Balaban J connectivity index is 1.46. The summed E-state index contributed by atoms with van der Waals surface area (Å²) in [6, 6.07) is 8.31. The zero-order valence-corrected chi connectivity index (χ0v) is 35.0. The van der Waals surface area contributed by atoms with Crippen LogP contribution in [0.25, 0.3) is 5.52 Å². The summed E-state index contributed by atoms with van der Waals surface area (Å²) < 4.78 is 49.8. The normalized spacial score (nSPS) is 14.8. The van der Waals surface area contributed by atoms with Crippen LogP contribution in [0.5, 0.6) is 0 Å². The Kier molecular flexibility index (Phi) is 22.8. The van der Waals surface area contributed by atoms with E-state index in [4.69, 9.17) is 24.3 Å². The molecule has 0 saturated carbocycles. The molecular formula is C41H63FN7O8P. The molecule has 15 nitrogen and oxygen atoms in total. The first-order valence-corrected chi connectivity index (χ1v) is 22.1. The highest BCUT2D eigenvalue weighted by Gasteiger charge is 2.35. The number of nitrogens with two attached hydrogens (primary N) is 1. The molecule has 0 saturated heterocycles. The maximum absolute atomic E-state index is 14.2. The lowest BCUT2D eigenvalue weighted by Gasteiger charge is -2.29. The number of phosphoric ester groups is 1. The average molecular weight is 832 g/mol. The van der Waals surface area contributed by atoms with Crippen molar-refractivity contribution in [2.75, 3.05) is 39.2 Å². The second-order valence-electron chi connectivity index (χ2n) is 14.9. The zero-order valence-electron chi connectivity index (χ0n) is 34.1. The van der Waals surface area contributed by atoms with Crippen LogP contribution in [0.15, 0.2) is 36.7 Å². The molecule has 2 heterocycles. The van der Waals surface area contributed by atoms with Crippen LogP contribution in [-0.4, -0.2) is 86.3 Å². The van der Waals surface area contributed by atoms with E-state index in [0.29, 0.717) is 17.7 Å². The van der Waals surface area contributed by atoms with Gasteiger partial charge in [0.05, 0.1) is 43.2 Å². The average Bonchev–Trinajstić information content (AvgIpc) is 3.64.